The standard InChI is InChI=1S/C22H25Cl2FN4O3S/c1-22(2,3)27-33(31,32)16-9-19(24)26-20(10-16)29-14-5-6-15(29)12-28(11-14)21(30)17-7-4-13(25)8-18(17)23/h4,7-10,14-15,27H,5-6,11-12H2,1-3H3. The predicted molar refractivity (Wildman–Crippen MR) is 126 cm³/mol. The Kier molecular flexibility index (Phi) is 6.37. The number of nitrogens with one attached hydrogen (secondary N) is 1. The lowest BCUT2D eigenvalue weighted by molar-refractivity contribution is 0.0717. The molecule has 2 saturated heterocycles. The summed E-state index contributed by atoms with van der Waals surface area (Å²) >= 11 is 12.3. The van der Waals surface area contributed by atoms with E-state index in [0.29, 0.717) is 18.9 Å². The number of amides is 1. The van der Waals surface area contributed by atoms with E-state index in [1.807, 2.05) is 0 Å². The van der Waals surface area contributed by atoms with Crippen LogP contribution in [0.4, 0.5) is 10.2 Å². The number of nitrogens with zero attached hydrogens (tertiary/aromatic N) is 3. The number of sulfonamides is 1. The van der Waals surface area contributed by atoms with Crippen molar-refractivity contribution in [1.82, 2.24) is 14.6 Å². The van der Waals surface area contributed by atoms with E-state index < -0.39 is 21.4 Å². The van der Waals surface area contributed by atoms with E-state index in [9.17, 15) is 17.6 Å². The molecular formula is C22H25Cl2FN4O3S. The molecule has 1 aromatic heterocycles. The summed E-state index contributed by atoms with van der Waals surface area (Å²) in [5.74, 6) is -0.287. The molecular weight excluding hydrogens is 490 g/mol. The molecule has 2 aliphatic heterocycles. The van der Waals surface area contributed by atoms with Crippen molar-refractivity contribution in [1.29, 1.82) is 0 Å². The molecule has 2 aromatic rings. The summed E-state index contributed by atoms with van der Waals surface area (Å²) in [6.07, 6.45) is 1.64. The number of hydrogen-bond acceptors (Lipinski definition) is 5. The molecule has 2 aliphatic rings. The Balaban J connectivity index is 1.59. The average Bonchev–Trinajstić information content (AvgIpc) is 2.95. The van der Waals surface area contributed by atoms with Gasteiger partial charge in [-0.3, -0.25) is 4.79 Å². The average molecular weight is 515 g/mol. The SMILES string of the molecule is CC(C)(C)NS(=O)(=O)c1cc(Cl)nc(N2C3CCC2CN(C(=O)c2ccc(F)cc2Cl)C3)c1. The second-order valence-corrected chi connectivity index (χ2v) is 11.9. The van der Waals surface area contributed by atoms with Crippen LogP contribution < -0.4 is 9.62 Å². The smallest absolute Gasteiger partial charge is 0.255 e. The van der Waals surface area contributed by atoms with Crippen molar-refractivity contribution in [3.05, 3.63) is 51.9 Å². The molecule has 1 amide bonds. The predicted octanol–water partition coefficient (Wildman–Crippen LogP) is 4.10. The van der Waals surface area contributed by atoms with Crippen molar-refractivity contribution in [2.75, 3.05) is 18.0 Å². The van der Waals surface area contributed by atoms with E-state index in [0.717, 1.165) is 18.9 Å². The minimum absolute atomic E-state index is 0.0448. The number of aromatic nitrogens is 1. The summed E-state index contributed by atoms with van der Waals surface area (Å²) in [5, 5.41) is 0.158. The van der Waals surface area contributed by atoms with Crippen LogP contribution in [0.1, 0.15) is 44.0 Å². The Bertz CT molecular complexity index is 1190. The van der Waals surface area contributed by atoms with Crippen molar-refractivity contribution >= 4 is 45.0 Å². The van der Waals surface area contributed by atoms with Gasteiger partial charge in [0, 0.05) is 36.8 Å². The molecule has 0 radical (unpaired) electrons. The summed E-state index contributed by atoms with van der Waals surface area (Å²) in [4.78, 5) is 21.2. The summed E-state index contributed by atoms with van der Waals surface area (Å²) in [7, 11) is -3.80. The fourth-order valence-corrected chi connectivity index (χ4v) is 6.45. The van der Waals surface area contributed by atoms with Gasteiger partial charge in [0.05, 0.1) is 15.5 Å². The number of benzene rings is 1. The lowest BCUT2D eigenvalue weighted by Crippen LogP contribution is -2.55. The highest BCUT2D eigenvalue weighted by atomic mass is 35.5. The number of piperazine rings is 1. The van der Waals surface area contributed by atoms with Crippen LogP contribution in [0.2, 0.25) is 10.2 Å². The highest BCUT2D eigenvalue weighted by molar-refractivity contribution is 7.89. The minimum atomic E-state index is -3.80. The van der Waals surface area contributed by atoms with Gasteiger partial charge in [-0.15, -0.1) is 0 Å². The van der Waals surface area contributed by atoms with Crippen LogP contribution in [-0.2, 0) is 10.0 Å². The zero-order valence-corrected chi connectivity index (χ0v) is 20.8. The normalized spacial score (nSPS) is 20.9. The zero-order valence-electron chi connectivity index (χ0n) is 18.5. The van der Waals surface area contributed by atoms with Gasteiger partial charge in [0.15, 0.2) is 0 Å². The van der Waals surface area contributed by atoms with Gasteiger partial charge in [0.1, 0.15) is 16.8 Å². The molecule has 2 unspecified atom stereocenters. The van der Waals surface area contributed by atoms with E-state index in [1.54, 1.807) is 25.7 Å². The minimum Gasteiger partial charge on any atom is -0.347 e. The summed E-state index contributed by atoms with van der Waals surface area (Å²) in [6.45, 7) is 6.12. The molecule has 2 atom stereocenters. The topological polar surface area (TPSA) is 82.6 Å². The maximum Gasteiger partial charge on any atom is 0.255 e. The molecule has 4 rings (SSSR count). The van der Waals surface area contributed by atoms with Crippen molar-refractivity contribution in [3.8, 4) is 0 Å². The highest BCUT2D eigenvalue weighted by Crippen LogP contribution is 2.36. The molecule has 3 heterocycles. The Labute approximate surface area is 202 Å². The molecule has 7 nitrogen and oxygen atoms in total. The number of halogens is 3. The Hall–Kier alpha value is -1.94. The molecule has 2 fully saturated rings. The van der Waals surface area contributed by atoms with Crippen LogP contribution >= 0.6 is 23.2 Å². The van der Waals surface area contributed by atoms with Gasteiger partial charge in [-0.1, -0.05) is 23.2 Å². The fraction of sp³-hybridized carbons (Fsp3) is 0.455. The molecule has 11 heteroatoms. The molecule has 0 aliphatic carbocycles. The summed E-state index contributed by atoms with van der Waals surface area (Å²) < 4.78 is 41.7. The second-order valence-electron chi connectivity index (χ2n) is 9.47. The van der Waals surface area contributed by atoms with Crippen molar-refractivity contribution in [2.45, 2.75) is 56.1 Å². The van der Waals surface area contributed by atoms with Crippen LogP contribution in [0.3, 0.4) is 0 Å². The van der Waals surface area contributed by atoms with Gasteiger partial charge >= 0.3 is 0 Å². The first-order valence-electron chi connectivity index (χ1n) is 10.6. The van der Waals surface area contributed by atoms with Crippen LogP contribution in [0.15, 0.2) is 35.2 Å². The van der Waals surface area contributed by atoms with Crippen molar-refractivity contribution in [2.24, 2.45) is 0 Å². The quantitative estimate of drug-likeness (QED) is 0.621. The number of likely N-dealkylation sites (tertiary alicyclic amines) is 1. The number of carbonyl (C=O) groups is 1. The van der Waals surface area contributed by atoms with Gasteiger partial charge in [0.25, 0.3) is 5.91 Å². The molecule has 178 valence electrons. The van der Waals surface area contributed by atoms with Crippen LogP contribution in [0, 0.1) is 5.82 Å². The number of carbonyl (C=O) groups excluding carboxylic acids is 1. The monoisotopic (exact) mass is 514 g/mol. The van der Waals surface area contributed by atoms with E-state index in [2.05, 4.69) is 14.6 Å². The van der Waals surface area contributed by atoms with Crippen molar-refractivity contribution < 1.29 is 17.6 Å². The van der Waals surface area contributed by atoms with Crippen molar-refractivity contribution in [3.63, 3.8) is 0 Å². The molecule has 33 heavy (non-hydrogen) atoms. The number of anilines is 1. The molecule has 1 aromatic carbocycles. The van der Waals surface area contributed by atoms with Crippen LogP contribution in [-0.4, -0.2) is 54.9 Å². The van der Waals surface area contributed by atoms with Gasteiger partial charge in [-0.25, -0.2) is 22.5 Å². The molecule has 1 N–H and O–H groups in total. The number of pyridine rings is 1. The summed E-state index contributed by atoms with van der Waals surface area (Å²) in [6, 6.07) is 6.49. The van der Waals surface area contributed by atoms with E-state index >= 15 is 0 Å². The highest BCUT2D eigenvalue weighted by Gasteiger charge is 2.43. The van der Waals surface area contributed by atoms with E-state index in [-0.39, 0.29) is 38.6 Å². The zero-order chi connectivity index (χ0) is 24.1. The Morgan fingerprint density at radius 1 is 1.12 bits per heavy atom. The first-order chi connectivity index (χ1) is 15.3. The Morgan fingerprint density at radius 3 is 2.33 bits per heavy atom. The third-order valence-electron chi connectivity index (χ3n) is 5.70. The van der Waals surface area contributed by atoms with Gasteiger partial charge in [-0.05, 0) is 57.9 Å². The largest absolute Gasteiger partial charge is 0.347 e. The maximum atomic E-state index is 13.4. The third kappa shape index (κ3) is 5.11. The third-order valence-corrected chi connectivity index (χ3v) is 7.94. The molecule has 0 saturated carbocycles. The lowest BCUT2D eigenvalue weighted by Gasteiger charge is -2.42. The Morgan fingerprint density at radius 2 is 1.76 bits per heavy atom. The van der Waals surface area contributed by atoms with Crippen LogP contribution in [0.5, 0.6) is 0 Å². The maximum absolute atomic E-state index is 13.4. The molecule has 0 spiro atoms. The van der Waals surface area contributed by atoms with Gasteiger partial charge < -0.3 is 9.80 Å². The van der Waals surface area contributed by atoms with Gasteiger partial charge in [-0.2, -0.15) is 0 Å². The van der Waals surface area contributed by atoms with Crippen LogP contribution in [0.25, 0.3) is 0 Å². The second kappa shape index (κ2) is 8.69. The number of rotatable bonds is 4. The number of hydrogen-bond donors (Lipinski definition) is 1. The van der Waals surface area contributed by atoms with E-state index in [4.69, 9.17) is 23.2 Å². The fourth-order valence-electron chi connectivity index (χ4n) is 4.49. The first-order valence-corrected chi connectivity index (χ1v) is 12.8. The van der Waals surface area contributed by atoms with Gasteiger partial charge in [0.2, 0.25) is 10.0 Å². The van der Waals surface area contributed by atoms with E-state index in [1.165, 1.54) is 24.3 Å². The summed E-state index contributed by atoms with van der Waals surface area (Å²) in [5.41, 5.74) is -0.394. The number of fused-ring (bicyclic) bond motifs is 2. The first kappa shape index (κ1) is 24.2. The lowest BCUT2D eigenvalue weighted by atomic mass is 10.1. The molecule has 2 bridgehead atoms.